The monoisotopic (exact) mass is 1060 g/mol. The SMILES string of the molecule is C[C@@H]1O[C@@H](OC[C@H]2O[C@@H](Oc3c(-c4ccc(O)c(O)c4)oc4cc(O)cc(O)c4c3=O)[C@H](O[C@@H]3O[C@@H](C)[C@H](OC(=O)/C=C/c4ccc(O)c(O)c4)[C@@H](O)[C@H]3O)[C@@H](OC(=O)/C=C/c3ccc(O)cc3)[C@H]2O)[C@H](O)[C@H](O)[C@H]1O. The van der Waals surface area contributed by atoms with Gasteiger partial charge < -0.3 is 109 Å². The first-order valence-electron chi connectivity index (χ1n) is 23.2. The van der Waals surface area contributed by atoms with Crippen LogP contribution >= 0.6 is 0 Å². The van der Waals surface area contributed by atoms with Crippen LogP contribution in [0.5, 0.6) is 46.0 Å². The molecule has 0 saturated carbocycles. The number of hydrogen-bond acceptors (Lipinski definition) is 25. The van der Waals surface area contributed by atoms with Gasteiger partial charge in [0.2, 0.25) is 17.5 Å². The van der Waals surface area contributed by atoms with Crippen molar-refractivity contribution in [1.82, 2.24) is 0 Å². The number of carbonyl (C=O) groups excluding carboxylic acids is 2. The number of aliphatic hydroxyl groups excluding tert-OH is 6. The van der Waals surface area contributed by atoms with Crippen molar-refractivity contribution in [1.29, 1.82) is 0 Å². The maximum Gasteiger partial charge on any atom is 0.331 e. The summed E-state index contributed by atoms with van der Waals surface area (Å²) in [4.78, 5) is 41.4. The Balaban J connectivity index is 1.18. The van der Waals surface area contributed by atoms with Gasteiger partial charge in [0.15, 0.2) is 59.7 Å². The average Bonchev–Trinajstić information content (AvgIpc) is 3.37. The Morgan fingerprint density at radius 3 is 1.83 bits per heavy atom. The zero-order valence-electron chi connectivity index (χ0n) is 39.8. The number of carbonyl (C=O) groups is 2. The minimum absolute atomic E-state index is 0.0878. The Morgan fingerprint density at radius 2 is 1.16 bits per heavy atom. The first-order chi connectivity index (χ1) is 36.1. The summed E-state index contributed by atoms with van der Waals surface area (Å²) in [5.41, 5.74) is -1.15. The lowest BCUT2D eigenvalue weighted by atomic mass is 9.96. The number of hydrogen-bond donors (Lipinski definition) is 13. The molecule has 0 radical (unpaired) electrons. The molecule has 4 aromatic carbocycles. The molecule has 8 rings (SSSR count). The van der Waals surface area contributed by atoms with Gasteiger partial charge in [-0.3, -0.25) is 4.79 Å². The van der Waals surface area contributed by atoms with E-state index in [0.29, 0.717) is 5.56 Å². The molecular weight excluding hydrogens is 1010 g/mol. The molecule has 4 heterocycles. The van der Waals surface area contributed by atoms with Crippen molar-refractivity contribution in [3.05, 3.63) is 106 Å². The average molecular weight is 1060 g/mol. The van der Waals surface area contributed by atoms with Gasteiger partial charge in [-0.05, 0) is 79.6 Å². The van der Waals surface area contributed by atoms with E-state index in [1.165, 1.54) is 68.5 Å². The molecule has 406 valence electrons. The number of aromatic hydroxyl groups is 7. The zero-order valence-corrected chi connectivity index (χ0v) is 39.8. The van der Waals surface area contributed by atoms with E-state index in [4.69, 9.17) is 42.3 Å². The third-order valence-electron chi connectivity index (χ3n) is 12.5. The lowest BCUT2D eigenvalue weighted by Gasteiger charge is -2.47. The van der Waals surface area contributed by atoms with Gasteiger partial charge in [-0.1, -0.05) is 18.2 Å². The molecule has 0 amide bonds. The van der Waals surface area contributed by atoms with Crippen LogP contribution in [-0.2, 0) is 42.7 Å². The molecule has 1 aromatic heterocycles. The maximum absolute atomic E-state index is 14.6. The van der Waals surface area contributed by atoms with Gasteiger partial charge in [0, 0.05) is 29.8 Å². The number of esters is 2. The Bertz CT molecular complexity index is 3030. The number of aliphatic hydroxyl groups is 6. The molecule has 0 aliphatic carbocycles. The van der Waals surface area contributed by atoms with Crippen LogP contribution in [0.1, 0.15) is 25.0 Å². The standard InChI is InChI=1S/C51H52O25/c1-20-37(61)40(64)42(66)49(69-20)68-19-33-38(62)46(74-35(60)13-6-22-3-9-25(52)10-4-22)48(76-50-43(67)41(65)44(21(2)70-50)73-34(59)14-7-23-5-11-27(54)29(56)15-23)51(72-33)75-47-39(63)36-31(58)17-26(53)18-32(36)71-45(47)24-8-12-28(55)30(57)16-24/h3-18,20-21,33,37-38,40-44,46,48-58,61-62,64-67H,19H2,1-2H3/b13-6+,14-7+/t20-,21-,33+,37-,38-,40+,41-,42+,43+,44-,46-,48+,49+,50-,51-/m0/s1. The number of fused-ring (bicyclic) bond motifs is 1. The smallest absolute Gasteiger partial charge is 0.331 e. The Kier molecular flexibility index (Phi) is 16.4. The molecule has 3 aliphatic heterocycles. The number of phenolic OH excluding ortho intramolecular Hbond substituents is 7. The molecule has 25 nitrogen and oxygen atoms in total. The van der Waals surface area contributed by atoms with E-state index in [2.05, 4.69) is 0 Å². The molecule has 3 fully saturated rings. The highest BCUT2D eigenvalue weighted by Crippen LogP contribution is 2.41. The van der Waals surface area contributed by atoms with Crippen molar-refractivity contribution in [3.8, 4) is 57.3 Å². The van der Waals surface area contributed by atoms with E-state index in [9.17, 15) is 80.8 Å². The second-order valence-electron chi connectivity index (χ2n) is 17.9. The van der Waals surface area contributed by atoms with E-state index in [0.717, 1.165) is 42.5 Å². The fraction of sp³-hybridized carbons (Fsp3) is 0.353. The van der Waals surface area contributed by atoms with Gasteiger partial charge in [-0.15, -0.1) is 0 Å². The van der Waals surface area contributed by atoms with E-state index in [1.54, 1.807) is 0 Å². The third-order valence-corrected chi connectivity index (χ3v) is 12.5. The van der Waals surface area contributed by atoms with Crippen molar-refractivity contribution in [2.45, 2.75) is 106 Å². The van der Waals surface area contributed by atoms with Crippen LogP contribution in [0.3, 0.4) is 0 Å². The van der Waals surface area contributed by atoms with Crippen molar-refractivity contribution in [2.24, 2.45) is 0 Å². The fourth-order valence-corrected chi connectivity index (χ4v) is 8.43. The van der Waals surface area contributed by atoms with E-state index in [-0.39, 0.29) is 16.9 Å². The highest BCUT2D eigenvalue weighted by atomic mass is 16.8. The van der Waals surface area contributed by atoms with Gasteiger partial charge in [0.05, 0.1) is 18.8 Å². The molecular formula is C51H52O25. The van der Waals surface area contributed by atoms with Crippen LogP contribution in [0.2, 0.25) is 0 Å². The van der Waals surface area contributed by atoms with Crippen molar-refractivity contribution >= 4 is 35.1 Å². The topological polar surface area (TPSA) is 401 Å². The predicted octanol–water partition coefficient (Wildman–Crippen LogP) is 0.810. The molecule has 0 unspecified atom stereocenters. The minimum Gasteiger partial charge on any atom is -0.508 e. The number of benzene rings is 4. The van der Waals surface area contributed by atoms with E-state index in [1.807, 2.05) is 0 Å². The Morgan fingerprint density at radius 1 is 0.553 bits per heavy atom. The number of phenols is 7. The summed E-state index contributed by atoms with van der Waals surface area (Å²) in [7, 11) is 0. The lowest BCUT2D eigenvalue weighted by molar-refractivity contribution is -0.360. The predicted molar refractivity (Wildman–Crippen MR) is 255 cm³/mol. The Labute approximate surface area is 428 Å². The summed E-state index contributed by atoms with van der Waals surface area (Å²) < 4.78 is 53.2. The molecule has 3 saturated heterocycles. The number of ether oxygens (including phenoxy) is 8. The highest BCUT2D eigenvalue weighted by Gasteiger charge is 2.55. The fourth-order valence-electron chi connectivity index (χ4n) is 8.43. The van der Waals surface area contributed by atoms with Crippen molar-refractivity contribution in [2.75, 3.05) is 6.61 Å². The maximum atomic E-state index is 14.6. The van der Waals surface area contributed by atoms with Gasteiger partial charge in [-0.25, -0.2) is 9.59 Å². The van der Waals surface area contributed by atoms with Gasteiger partial charge in [0.1, 0.15) is 70.9 Å². The normalized spacial score (nSPS) is 29.9. The molecule has 13 N–H and O–H groups in total. The Hall–Kier alpha value is -7.53. The van der Waals surface area contributed by atoms with E-state index >= 15 is 0 Å². The molecule has 76 heavy (non-hydrogen) atoms. The summed E-state index contributed by atoms with van der Waals surface area (Å²) in [6.07, 6.45) is -23.2. The lowest BCUT2D eigenvalue weighted by Crippen LogP contribution is -2.66. The number of rotatable bonds is 14. The van der Waals surface area contributed by atoms with Crippen LogP contribution in [-0.4, -0.2) is 177 Å². The first-order valence-corrected chi connectivity index (χ1v) is 23.2. The van der Waals surface area contributed by atoms with Crippen molar-refractivity contribution in [3.63, 3.8) is 0 Å². The third kappa shape index (κ3) is 11.8. The molecule has 5 aromatic rings. The summed E-state index contributed by atoms with van der Waals surface area (Å²) in [6.45, 7) is 1.85. The second kappa shape index (κ2) is 22.7. The summed E-state index contributed by atoms with van der Waals surface area (Å²) >= 11 is 0. The quantitative estimate of drug-likeness (QED) is 0.0416. The van der Waals surface area contributed by atoms with Crippen LogP contribution < -0.4 is 10.2 Å². The summed E-state index contributed by atoms with van der Waals surface area (Å²) in [5, 5.41) is 137. The first kappa shape index (κ1) is 54.7. The van der Waals surface area contributed by atoms with Crippen LogP contribution in [0.4, 0.5) is 0 Å². The molecule has 15 atom stereocenters. The summed E-state index contributed by atoms with van der Waals surface area (Å²) in [5.74, 6) is -7.38. The highest BCUT2D eigenvalue weighted by molar-refractivity contribution is 5.89. The van der Waals surface area contributed by atoms with Gasteiger partial charge >= 0.3 is 11.9 Å². The van der Waals surface area contributed by atoms with Gasteiger partial charge in [0.25, 0.3) is 0 Å². The second-order valence-corrected chi connectivity index (χ2v) is 17.9. The van der Waals surface area contributed by atoms with Crippen molar-refractivity contribution < 1.29 is 118 Å². The molecule has 0 bridgehead atoms. The largest absolute Gasteiger partial charge is 0.508 e. The summed E-state index contributed by atoms with van der Waals surface area (Å²) in [6, 6.07) is 14.1. The van der Waals surface area contributed by atoms with Crippen LogP contribution in [0.25, 0.3) is 34.4 Å². The minimum atomic E-state index is -2.22. The van der Waals surface area contributed by atoms with Gasteiger partial charge in [-0.2, -0.15) is 0 Å². The molecule has 3 aliphatic rings. The van der Waals surface area contributed by atoms with Crippen LogP contribution in [0.15, 0.2) is 94.2 Å². The van der Waals surface area contributed by atoms with Crippen LogP contribution in [0, 0.1) is 0 Å². The van der Waals surface area contributed by atoms with E-state index < -0.39 is 173 Å². The molecule has 0 spiro atoms. The zero-order chi connectivity index (χ0) is 54.9. The molecule has 25 heteroatoms.